The Morgan fingerprint density at radius 3 is 2.89 bits per heavy atom. The lowest BCUT2D eigenvalue weighted by molar-refractivity contribution is 0.305. The van der Waals surface area contributed by atoms with E-state index in [2.05, 4.69) is 30.6 Å². The second kappa shape index (κ2) is 5.96. The summed E-state index contributed by atoms with van der Waals surface area (Å²) in [5.74, 6) is 2.01. The Morgan fingerprint density at radius 2 is 2.11 bits per heavy atom. The maximum atomic E-state index is 5.60. The highest BCUT2D eigenvalue weighted by molar-refractivity contribution is 5.40. The Bertz CT molecular complexity index is 423. The molecule has 1 aromatic rings. The molecule has 104 valence electrons. The maximum absolute atomic E-state index is 5.60. The molecule has 1 atom stereocenters. The minimum Gasteiger partial charge on any atom is -0.493 e. The summed E-state index contributed by atoms with van der Waals surface area (Å²) in [6, 6.07) is 7.26. The molecule has 0 saturated heterocycles. The van der Waals surface area contributed by atoms with Crippen LogP contribution >= 0.6 is 0 Å². The van der Waals surface area contributed by atoms with Crippen molar-refractivity contribution in [3.8, 4) is 5.75 Å². The van der Waals surface area contributed by atoms with Gasteiger partial charge in [-0.15, -0.1) is 0 Å². The summed E-state index contributed by atoms with van der Waals surface area (Å²) >= 11 is 0. The molecule has 1 heterocycles. The van der Waals surface area contributed by atoms with Crippen LogP contribution in [-0.2, 0) is 6.42 Å². The Balaban J connectivity index is 1.70. The Labute approximate surface area is 116 Å². The third kappa shape index (κ3) is 2.94. The van der Waals surface area contributed by atoms with Crippen LogP contribution in [0.2, 0.25) is 0 Å². The van der Waals surface area contributed by atoms with Crippen LogP contribution in [0.15, 0.2) is 18.2 Å². The van der Waals surface area contributed by atoms with Gasteiger partial charge in [0.25, 0.3) is 0 Å². The van der Waals surface area contributed by atoms with Crippen LogP contribution in [0.5, 0.6) is 5.75 Å². The highest BCUT2D eigenvalue weighted by atomic mass is 16.5. The summed E-state index contributed by atoms with van der Waals surface area (Å²) in [5, 5.41) is 3.52. The zero-order valence-electron chi connectivity index (χ0n) is 12.0. The zero-order chi connectivity index (χ0) is 13.1. The molecule has 1 aliphatic carbocycles. The minimum atomic E-state index is 0.508. The van der Waals surface area contributed by atoms with E-state index in [0.29, 0.717) is 6.04 Å². The first-order valence-corrected chi connectivity index (χ1v) is 7.79. The number of hydrogen-bond donors (Lipinski definition) is 1. The molecule has 1 aromatic carbocycles. The molecule has 0 amide bonds. The van der Waals surface area contributed by atoms with Crippen LogP contribution in [0.3, 0.4) is 0 Å². The molecular formula is C17H25NO. The van der Waals surface area contributed by atoms with Crippen molar-refractivity contribution < 1.29 is 4.74 Å². The molecule has 3 rings (SSSR count). The average Bonchev–Trinajstić information content (AvgIpc) is 2.93. The number of nitrogens with one attached hydrogen (secondary N) is 1. The fourth-order valence-electron chi connectivity index (χ4n) is 3.60. The van der Waals surface area contributed by atoms with Crippen LogP contribution < -0.4 is 10.1 Å². The molecule has 1 unspecified atom stereocenters. The summed E-state index contributed by atoms with van der Waals surface area (Å²) in [6.45, 7) is 0.853. The summed E-state index contributed by atoms with van der Waals surface area (Å²) in [4.78, 5) is 0. The molecule has 2 heteroatoms. The van der Waals surface area contributed by atoms with E-state index in [1.54, 1.807) is 0 Å². The van der Waals surface area contributed by atoms with Gasteiger partial charge in [0.2, 0.25) is 0 Å². The van der Waals surface area contributed by atoms with Gasteiger partial charge < -0.3 is 10.1 Å². The van der Waals surface area contributed by atoms with E-state index in [1.165, 1.54) is 49.7 Å². The number of hydrogen-bond acceptors (Lipinski definition) is 2. The molecule has 2 nitrogen and oxygen atoms in total. The third-order valence-corrected chi connectivity index (χ3v) is 4.76. The number of benzene rings is 1. The predicted octanol–water partition coefficient (Wildman–Crippen LogP) is 3.85. The molecule has 2 aliphatic rings. The zero-order valence-corrected chi connectivity index (χ0v) is 12.0. The normalized spacial score (nSPS) is 20.9. The summed E-state index contributed by atoms with van der Waals surface area (Å²) in [5.41, 5.74) is 2.83. The van der Waals surface area contributed by atoms with Gasteiger partial charge in [0.1, 0.15) is 5.75 Å². The van der Waals surface area contributed by atoms with Crippen molar-refractivity contribution in [2.75, 3.05) is 13.7 Å². The van der Waals surface area contributed by atoms with Crippen molar-refractivity contribution in [3.05, 3.63) is 29.3 Å². The molecule has 19 heavy (non-hydrogen) atoms. The number of fused-ring (bicyclic) bond motifs is 1. The molecule has 1 saturated carbocycles. The van der Waals surface area contributed by atoms with Gasteiger partial charge in [-0.05, 0) is 36.6 Å². The van der Waals surface area contributed by atoms with Gasteiger partial charge in [-0.3, -0.25) is 0 Å². The molecule has 0 aromatic heterocycles. The second-order valence-corrected chi connectivity index (χ2v) is 6.05. The van der Waals surface area contributed by atoms with E-state index in [-0.39, 0.29) is 0 Å². The lowest BCUT2D eigenvalue weighted by atomic mass is 9.83. The SMILES string of the molecule is CNC(CC1CCCCC1)c1ccc2c(c1)CCO2. The van der Waals surface area contributed by atoms with Crippen LogP contribution in [0.25, 0.3) is 0 Å². The first-order chi connectivity index (χ1) is 9.36. The summed E-state index contributed by atoms with van der Waals surface area (Å²) < 4.78 is 5.60. The molecule has 0 spiro atoms. The van der Waals surface area contributed by atoms with Crippen molar-refractivity contribution in [1.82, 2.24) is 5.32 Å². The fourth-order valence-corrected chi connectivity index (χ4v) is 3.60. The summed E-state index contributed by atoms with van der Waals surface area (Å²) in [7, 11) is 2.09. The smallest absolute Gasteiger partial charge is 0.122 e. The topological polar surface area (TPSA) is 21.3 Å². The van der Waals surface area contributed by atoms with Crippen molar-refractivity contribution in [2.24, 2.45) is 5.92 Å². The fraction of sp³-hybridized carbons (Fsp3) is 0.647. The van der Waals surface area contributed by atoms with Gasteiger partial charge >= 0.3 is 0 Å². The monoisotopic (exact) mass is 259 g/mol. The lowest BCUT2D eigenvalue weighted by Crippen LogP contribution is -2.21. The van der Waals surface area contributed by atoms with Crippen molar-refractivity contribution in [1.29, 1.82) is 0 Å². The largest absolute Gasteiger partial charge is 0.493 e. The van der Waals surface area contributed by atoms with Gasteiger partial charge in [-0.2, -0.15) is 0 Å². The van der Waals surface area contributed by atoms with Crippen molar-refractivity contribution in [2.45, 2.75) is 51.0 Å². The van der Waals surface area contributed by atoms with E-state index in [4.69, 9.17) is 4.74 Å². The van der Waals surface area contributed by atoms with Crippen LogP contribution in [0.1, 0.15) is 55.7 Å². The van der Waals surface area contributed by atoms with Crippen LogP contribution in [0, 0.1) is 5.92 Å². The van der Waals surface area contributed by atoms with E-state index in [9.17, 15) is 0 Å². The average molecular weight is 259 g/mol. The lowest BCUT2D eigenvalue weighted by Gasteiger charge is -2.26. The van der Waals surface area contributed by atoms with E-state index in [0.717, 1.165) is 24.7 Å². The number of ether oxygens (including phenoxy) is 1. The Kier molecular flexibility index (Phi) is 4.07. The van der Waals surface area contributed by atoms with E-state index < -0.39 is 0 Å². The Hall–Kier alpha value is -1.02. The third-order valence-electron chi connectivity index (χ3n) is 4.76. The minimum absolute atomic E-state index is 0.508. The molecule has 0 radical (unpaired) electrons. The quantitative estimate of drug-likeness (QED) is 0.886. The first-order valence-electron chi connectivity index (χ1n) is 7.79. The number of rotatable bonds is 4. The van der Waals surface area contributed by atoms with Crippen LogP contribution in [-0.4, -0.2) is 13.7 Å². The van der Waals surface area contributed by atoms with Gasteiger partial charge in [0.05, 0.1) is 6.61 Å². The summed E-state index contributed by atoms with van der Waals surface area (Å²) in [6.07, 6.45) is 9.51. The van der Waals surface area contributed by atoms with E-state index in [1.807, 2.05) is 0 Å². The molecule has 1 N–H and O–H groups in total. The van der Waals surface area contributed by atoms with Gasteiger partial charge in [0, 0.05) is 12.5 Å². The molecule has 1 fully saturated rings. The van der Waals surface area contributed by atoms with Crippen molar-refractivity contribution >= 4 is 0 Å². The van der Waals surface area contributed by atoms with Crippen molar-refractivity contribution in [3.63, 3.8) is 0 Å². The molecule has 1 aliphatic heterocycles. The Morgan fingerprint density at radius 1 is 1.26 bits per heavy atom. The second-order valence-electron chi connectivity index (χ2n) is 6.05. The van der Waals surface area contributed by atoms with Gasteiger partial charge in [0.15, 0.2) is 0 Å². The highest BCUT2D eigenvalue weighted by Gasteiger charge is 2.21. The highest BCUT2D eigenvalue weighted by Crippen LogP contribution is 2.34. The standard InChI is InChI=1S/C17H25NO/c1-18-16(11-13-5-3-2-4-6-13)14-7-8-17-15(12-14)9-10-19-17/h7-8,12-13,16,18H,2-6,9-11H2,1H3. The maximum Gasteiger partial charge on any atom is 0.122 e. The van der Waals surface area contributed by atoms with Crippen LogP contribution in [0.4, 0.5) is 0 Å². The molecule has 0 bridgehead atoms. The van der Waals surface area contributed by atoms with Gasteiger partial charge in [-0.25, -0.2) is 0 Å². The molecular weight excluding hydrogens is 234 g/mol. The first kappa shape index (κ1) is 13.0. The van der Waals surface area contributed by atoms with Gasteiger partial charge in [-0.1, -0.05) is 44.2 Å². The predicted molar refractivity (Wildman–Crippen MR) is 78.6 cm³/mol. The van der Waals surface area contributed by atoms with E-state index >= 15 is 0 Å².